The first-order chi connectivity index (χ1) is 11.1. The van der Waals surface area contributed by atoms with Gasteiger partial charge < -0.3 is 10.2 Å². The second-order valence-corrected chi connectivity index (χ2v) is 7.31. The van der Waals surface area contributed by atoms with E-state index in [1.807, 2.05) is 0 Å². The fourth-order valence-electron chi connectivity index (χ4n) is 3.05. The Balaban J connectivity index is 1.69. The Bertz CT molecular complexity index is 700. The van der Waals surface area contributed by atoms with Gasteiger partial charge in [0, 0.05) is 19.3 Å². The average molecular weight is 328 g/mol. The smallest absolute Gasteiger partial charge is 0.280 e. The summed E-state index contributed by atoms with van der Waals surface area (Å²) in [4.78, 5) is 19.5. The van der Waals surface area contributed by atoms with Gasteiger partial charge in [0.1, 0.15) is 0 Å². The highest BCUT2D eigenvalue weighted by atomic mass is 32.1. The van der Waals surface area contributed by atoms with Crippen LogP contribution in [0.15, 0.2) is 24.4 Å². The number of nitrogens with zero attached hydrogens (tertiary/aromatic N) is 3. The number of carbonyl (C=O) groups is 1. The summed E-state index contributed by atoms with van der Waals surface area (Å²) in [5, 5.41) is 12.5. The van der Waals surface area contributed by atoms with Crippen molar-refractivity contribution in [2.24, 2.45) is 11.8 Å². The van der Waals surface area contributed by atoms with E-state index in [1.165, 1.54) is 16.9 Å². The third-order valence-electron chi connectivity index (χ3n) is 4.49. The van der Waals surface area contributed by atoms with Gasteiger partial charge >= 0.3 is 0 Å². The van der Waals surface area contributed by atoms with Crippen LogP contribution in [0.2, 0.25) is 0 Å². The summed E-state index contributed by atoms with van der Waals surface area (Å²) < 4.78 is 0. The molecule has 1 unspecified atom stereocenters. The Morgan fingerprint density at radius 3 is 3.00 bits per heavy atom. The van der Waals surface area contributed by atoms with Crippen LogP contribution < -0.4 is 5.32 Å². The molecule has 1 fully saturated rings. The van der Waals surface area contributed by atoms with Crippen molar-refractivity contribution in [2.45, 2.75) is 26.3 Å². The molecular weight excluding hydrogens is 308 g/mol. The first-order valence-corrected chi connectivity index (χ1v) is 8.68. The summed E-state index contributed by atoms with van der Waals surface area (Å²) in [6.45, 7) is 5.51. The van der Waals surface area contributed by atoms with Crippen LogP contribution in [0.1, 0.15) is 34.9 Å². The Morgan fingerprint density at radius 1 is 1.48 bits per heavy atom. The first kappa shape index (κ1) is 15.8. The van der Waals surface area contributed by atoms with E-state index >= 15 is 0 Å². The Morgan fingerprint density at radius 2 is 2.30 bits per heavy atom. The summed E-state index contributed by atoms with van der Waals surface area (Å²) in [5.41, 5.74) is 1.24. The third kappa shape index (κ3) is 3.30. The van der Waals surface area contributed by atoms with E-state index in [4.69, 9.17) is 5.26 Å². The summed E-state index contributed by atoms with van der Waals surface area (Å²) in [6.07, 6.45) is 11.3. The van der Waals surface area contributed by atoms with E-state index in [0.29, 0.717) is 24.0 Å². The summed E-state index contributed by atoms with van der Waals surface area (Å²) in [7, 11) is 0. The molecule has 0 saturated carbocycles. The van der Waals surface area contributed by atoms with Gasteiger partial charge in [-0.3, -0.25) is 4.79 Å². The number of hydrogen-bond donors (Lipinski definition) is 1. The van der Waals surface area contributed by atoms with Crippen LogP contribution in [0, 0.1) is 23.3 Å². The maximum Gasteiger partial charge on any atom is 0.280 e. The molecule has 1 amide bonds. The van der Waals surface area contributed by atoms with Crippen LogP contribution in [0.25, 0.3) is 5.57 Å². The van der Waals surface area contributed by atoms with Crippen molar-refractivity contribution in [3.8, 4) is 6.19 Å². The van der Waals surface area contributed by atoms with Crippen LogP contribution in [-0.2, 0) is 0 Å². The molecule has 2 aliphatic rings. The zero-order valence-corrected chi connectivity index (χ0v) is 14.1. The Kier molecular flexibility index (Phi) is 4.49. The minimum absolute atomic E-state index is 0.00486. The molecular formula is C17H20N4OS. The lowest BCUT2D eigenvalue weighted by atomic mass is 9.93. The van der Waals surface area contributed by atoms with E-state index in [0.717, 1.165) is 11.3 Å². The van der Waals surface area contributed by atoms with Crippen molar-refractivity contribution in [3.05, 3.63) is 34.3 Å². The van der Waals surface area contributed by atoms with Gasteiger partial charge in [-0.05, 0) is 23.8 Å². The van der Waals surface area contributed by atoms with Gasteiger partial charge in [0.15, 0.2) is 11.2 Å². The van der Waals surface area contributed by atoms with Gasteiger partial charge in [0.2, 0.25) is 0 Å². The quantitative estimate of drug-likeness (QED) is 0.866. The maximum absolute atomic E-state index is 12.4. The van der Waals surface area contributed by atoms with E-state index < -0.39 is 0 Å². The molecule has 1 aliphatic carbocycles. The molecule has 0 aromatic carbocycles. The van der Waals surface area contributed by atoms with Crippen molar-refractivity contribution < 1.29 is 4.79 Å². The minimum Gasteiger partial charge on any atom is -0.345 e. The number of likely N-dealkylation sites (tertiary alicyclic amines) is 1. The SMILES string of the molecule is CC1CC=CC=C1c1cnc(C(=O)N[C@H]2CN(C#N)C[C@@H]2C)s1. The van der Waals surface area contributed by atoms with Crippen LogP contribution in [0.4, 0.5) is 0 Å². The van der Waals surface area contributed by atoms with E-state index in [2.05, 4.69) is 48.6 Å². The topological polar surface area (TPSA) is 69.0 Å². The molecule has 120 valence electrons. The lowest BCUT2D eigenvalue weighted by Gasteiger charge is -2.15. The molecule has 5 nitrogen and oxygen atoms in total. The number of amides is 1. The molecule has 1 N–H and O–H groups in total. The number of allylic oxidation sites excluding steroid dienone is 4. The second kappa shape index (κ2) is 6.55. The van der Waals surface area contributed by atoms with Gasteiger partial charge in [0.05, 0.1) is 10.9 Å². The molecule has 1 aromatic heterocycles. The monoisotopic (exact) mass is 328 g/mol. The summed E-state index contributed by atoms with van der Waals surface area (Å²) in [6, 6.07) is 0.00486. The normalized spacial score (nSPS) is 26.7. The highest BCUT2D eigenvalue weighted by Crippen LogP contribution is 2.32. The molecule has 0 spiro atoms. The third-order valence-corrected chi connectivity index (χ3v) is 5.53. The van der Waals surface area contributed by atoms with Crippen LogP contribution >= 0.6 is 11.3 Å². The Hall–Kier alpha value is -2.13. The van der Waals surface area contributed by atoms with Crippen LogP contribution in [0.3, 0.4) is 0 Å². The highest BCUT2D eigenvalue weighted by Gasteiger charge is 2.31. The van der Waals surface area contributed by atoms with Crippen molar-refractivity contribution in [3.63, 3.8) is 0 Å². The number of nitriles is 1. The maximum atomic E-state index is 12.4. The fourth-order valence-corrected chi connectivity index (χ4v) is 4.01. The predicted octanol–water partition coefficient (Wildman–Crippen LogP) is 2.65. The first-order valence-electron chi connectivity index (χ1n) is 7.87. The molecule has 3 rings (SSSR count). The molecule has 0 radical (unpaired) electrons. The Labute approximate surface area is 140 Å². The molecule has 1 aromatic rings. The van der Waals surface area contributed by atoms with Gasteiger partial charge in [0.25, 0.3) is 5.91 Å². The fraction of sp³-hybridized carbons (Fsp3) is 0.471. The summed E-state index contributed by atoms with van der Waals surface area (Å²) in [5.74, 6) is 0.581. The van der Waals surface area contributed by atoms with E-state index in [1.54, 1.807) is 11.1 Å². The van der Waals surface area contributed by atoms with Crippen molar-refractivity contribution in [2.75, 3.05) is 13.1 Å². The molecule has 1 aliphatic heterocycles. The number of aromatic nitrogens is 1. The zero-order chi connectivity index (χ0) is 16.4. The van der Waals surface area contributed by atoms with Crippen molar-refractivity contribution >= 4 is 22.8 Å². The number of hydrogen-bond acceptors (Lipinski definition) is 5. The van der Waals surface area contributed by atoms with Gasteiger partial charge in [-0.15, -0.1) is 11.3 Å². The lowest BCUT2D eigenvalue weighted by Crippen LogP contribution is -2.39. The number of rotatable bonds is 3. The van der Waals surface area contributed by atoms with Crippen LogP contribution in [-0.4, -0.2) is 34.9 Å². The number of carbonyl (C=O) groups excluding carboxylic acids is 1. The van der Waals surface area contributed by atoms with Crippen LogP contribution in [0.5, 0.6) is 0 Å². The van der Waals surface area contributed by atoms with Crippen molar-refractivity contribution in [1.82, 2.24) is 15.2 Å². The predicted molar refractivity (Wildman–Crippen MR) is 90.6 cm³/mol. The number of nitrogens with one attached hydrogen (secondary N) is 1. The van der Waals surface area contributed by atoms with E-state index in [9.17, 15) is 4.79 Å². The van der Waals surface area contributed by atoms with Gasteiger partial charge in [-0.1, -0.05) is 32.1 Å². The largest absolute Gasteiger partial charge is 0.345 e. The zero-order valence-electron chi connectivity index (χ0n) is 13.3. The molecule has 2 heterocycles. The second-order valence-electron chi connectivity index (χ2n) is 6.28. The molecule has 6 heteroatoms. The summed E-state index contributed by atoms with van der Waals surface area (Å²) >= 11 is 1.44. The average Bonchev–Trinajstić information content (AvgIpc) is 3.15. The molecule has 1 saturated heterocycles. The molecule has 23 heavy (non-hydrogen) atoms. The van der Waals surface area contributed by atoms with Crippen molar-refractivity contribution in [1.29, 1.82) is 5.26 Å². The van der Waals surface area contributed by atoms with Gasteiger partial charge in [-0.25, -0.2) is 4.98 Å². The molecule has 3 atom stereocenters. The minimum atomic E-state index is -0.141. The standard InChI is InChI=1S/C17H20N4OS/c1-11-5-3-4-6-13(11)15-7-19-17(23-15)16(22)20-14-9-21(10-18)8-12(14)2/h3-4,6-7,11-12,14H,5,8-9H2,1-2H3,(H,20,22)/t11?,12-,14-/m0/s1. The highest BCUT2D eigenvalue weighted by molar-refractivity contribution is 7.14. The molecule has 0 bridgehead atoms. The van der Waals surface area contributed by atoms with E-state index in [-0.39, 0.29) is 17.9 Å². The lowest BCUT2D eigenvalue weighted by molar-refractivity contribution is 0.0931. The number of thiazole rings is 1. The van der Waals surface area contributed by atoms with Gasteiger partial charge in [-0.2, -0.15) is 5.26 Å².